The monoisotopic (exact) mass is 335 g/mol. The number of ether oxygens (including phenoxy) is 1. The minimum absolute atomic E-state index is 0.0100. The van der Waals surface area contributed by atoms with Crippen LogP contribution in [0.5, 0.6) is 0 Å². The van der Waals surface area contributed by atoms with Crippen molar-refractivity contribution in [2.45, 2.75) is 65.1 Å². The van der Waals surface area contributed by atoms with Gasteiger partial charge in [-0.25, -0.2) is 0 Å². The summed E-state index contributed by atoms with van der Waals surface area (Å²) in [5, 5.41) is 0. The average molecular weight is 336 g/mol. The number of esters is 1. The highest BCUT2D eigenvalue weighted by atomic mass is 16.5. The molecule has 0 aromatic heterocycles. The number of hydrogen-bond donors (Lipinski definition) is 0. The van der Waals surface area contributed by atoms with E-state index in [-0.39, 0.29) is 6.42 Å². The van der Waals surface area contributed by atoms with Gasteiger partial charge in [0.25, 0.3) is 0 Å². The third kappa shape index (κ3) is 18.2. The summed E-state index contributed by atoms with van der Waals surface area (Å²) >= 11 is 0. The molecule has 0 saturated heterocycles. The van der Waals surface area contributed by atoms with E-state index in [0.29, 0.717) is 12.8 Å². The highest BCUT2D eigenvalue weighted by Crippen LogP contribution is 2.00. The normalized spacial score (nSPS) is 16.8. The number of allylic oxidation sites excluding steroid dienone is 10. The molecule has 0 aromatic rings. The first-order valence-corrected chi connectivity index (χ1v) is 8.67. The smallest absolute Gasteiger partial charge is 0.305 e. The van der Waals surface area contributed by atoms with Gasteiger partial charge in [-0.1, -0.05) is 67.7 Å². The van der Waals surface area contributed by atoms with Gasteiger partial charge in [0, 0.05) is 10.5 Å². The van der Waals surface area contributed by atoms with Crippen molar-refractivity contribution in [2.75, 3.05) is 6.56 Å². The molecule has 0 N–H and O–H groups in total. The largest absolute Gasteiger partial charge is 0.466 e. The molecule has 0 unspecified atom stereocenters. The Balaban J connectivity index is 3.75. The lowest BCUT2D eigenvalue weighted by Gasteiger charge is -1.98. The zero-order chi connectivity index (χ0) is 22.0. The molecule has 0 rings (SSSR count). The van der Waals surface area contributed by atoms with Crippen LogP contribution in [0.4, 0.5) is 0 Å². The average Bonchev–Trinajstić information content (AvgIpc) is 2.63. The molecule has 0 heterocycles. The molecule has 0 radical (unpaired) electrons. The molecule has 0 atom stereocenters. The van der Waals surface area contributed by atoms with Gasteiger partial charge in [0.1, 0.15) is 0 Å². The Labute approximate surface area is 155 Å². The Kier molecular flexibility index (Phi) is 11.6. The van der Waals surface area contributed by atoms with Crippen LogP contribution in [0.25, 0.3) is 0 Å². The fourth-order valence-corrected chi connectivity index (χ4v) is 1.84. The van der Waals surface area contributed by atoms with Crippen molar-refractivity contribution in [3.63, 3.8) is 0 Å². The minimum atomic E-state index is -2.98. The minimum Gasteiger partial charge on any atom is -0.466 e. The molecule has 2 nitrogen and oxygen atoms in total. The van der Waals surface area contributed by atoms with E-state index in [1.165, 1.54) is 0 Å². The van der Waals surface area contributed by atoms with Crippen LogP contribution in [-0.2, 0) is 9.53 Å². The predicted molar refractivity (Wildman–Crippen MR) is 105 cm³/mol. The number of carbonyl (C=O) groups is 1. The molecule has 0 aromatic carbocycles. The maximum Gasteiger partial charge on any atom is 0.305 e. The predicted octanol–water partition coefficient (Wildman–Crippen LogP) is 6.47. The van der Waals surface area contributed by atoms with E-state index < -0.39 is 19.4 Å². The Morgan fingerprint density at radius 3 is 1.88 bits per heavy atom. The molecular weight excluding hydrogens is 296 g/mol. The molecule has 0 saturated carbocycles. The van der Waals surface area contributed by atoms with Gasteiger partial charge in [0.2, 0.25) is 0 Å². The van der Waals surface area contributed by atoms with E-state index in [1.54, 1.807) is 0 Å². The van der Waals surface area contributed by atoms with Crippen molar-refractivity contribution >= 4 is 5.97 Å². The first-order chi connectivity index (χ1) is 13.7. The summed E-state index contributed by atoms with van der Waals surface area (Å²) in [5.74, 6) is -0.835. The molecular formula is C22H34O2. The number of rotatable bonds is 14. The highest BCUT2D eigenvalue weighted by molar-refractivity contribution is 5.69. The second-order valence-corrected chi connectivity index (χ2v) is 5.18. The fourth-order valence-electron chi connectivity index (χ4n) is 1.84. The Morgan fingerprint density at radius 2 is 1.38 bits per heavy atom. The van der Waals surface area contributed by atoms with Crippen LogP contribution in [0.15, 0.2) is 60.8 Å². The zero-order valence-electron chi connectivity index (χ0n) is 19.7. The summed E-state index contributed by atoms with van der Waals surface area (Å²) in [5.41, 5.74) is 0. The molecule has 2 heteroatoms. The van der Waals surface area contributed by atoms with Gasteiger partial charge < -0.3 is 4.74 Å². The van der Waals surface area contributed by atoms with E-state index in [4.69, 9.17) is 6.85 Å². The van der Waals surface area contributed by atoms with Crippen LogP contribution in [0.2, 0.25) is 0 Å². The van der Waals surface area contributed by atoms with Gasteiger partial charge in [0.15, 0.2) is 0 Å². The highest BCUT2D eigenvalue weighted by Gasteiger charge is 1.98. The summed E-state index contributed by atoms with van der Waals surface area (Å²) in [6.07, 6.45) is 26.9. The third-order valence-corrected chi connectivity index (χ3v) is 3.07. The van der Waals surface area contributed by atoms with E-state index >= 15 is 0 Å². The standard InChI is InChI=1S/C22H34O2/c1-3-5-6-7-8-9-10-11-12-13-14-15-16-17-18-19-20-21-22(23)24-4-2/h5-6,8-9,11-12,14-15,17-18H,3-4,7,10,13,16,19-21H2,1-2H3/b6-5-,9-8-,12-11-,15-14-,18-17-/i2D3,4D2. The summed E-state index contributed by atoms with van der Waals surface area (Å²) in [6.45, 7) is -3.80. The van der Waals surface area contributed by atoms with Gasteiger partial charge in [-0.15, -0.1) is 0 Å². The van der Waals surface area contributed by atoms with Gasteiger partial charge in [-0.3, -0.25) is 4.79 Å². The van der Waals surface area contributed by atoms with Crippen molar-refractivity contribution in [1.82, 2.24) is 0 Å². The summed E-state index contributed by atoms with van der Waals surface area (Å²) in [4.78, 5) is 11.5. The lowest BCUT2D eigenvalue weighted by Crippen LogP contribution is -2.02. The summed E-state index contributed by atoms with van der Waals surface area (Å²) in [6, 6.07) is 0. The molecule has 0 bridgehead atoms. The molecule has 0 aliphatic carbocycles. The first-order valence-electron chi connectivity index (χ1n) is 11.2. The van der Waals surface area contributed by atoms with Crippen LogP contribution in [0.1, 0.15) is 72.0 Å². The van der Waals surface area contributed by atoms with Gasteiger partial charge in [-0.05, 0) is 51.8 Å². The van der Waals surface area contributed by atoms with E-state index in [9.17, 15) is 4.79 Å². The SMILES string of the molecule is [2H]C([2H])([2H])C([2H])([2H])OC(=O)CCC/C=C\C/C=C\C/C=C\C/C=C\C/C=C\CC. The summed E-state index contributed by atoms with van der Waals surface area (Å²) < 4.78 is 39.9. The van der Waals surface area contributed by atoms with Crippen LogP contribution >= 0.6 is 0 Å². The topological polar surface area (TPSA) is 26.3 Å². The van der Waals surface area contributed by atoms with Crippen molar-refractivity contribution in [3.05, 3.63) is 60.8 Å². The number of carbonyl (C=O) groups excluding carboxylic acids is 1. The summed E-state index contributed by atoms with van der Waals surface area (Å²) in [7, 11) is 0. The zero-order valence-corrected chi connectivity index (χ0v) is 14.7. The maximum atomic E-state index is 11.5. The quantitative estimate of drug-likeness (QED) is 0.206. The molecule has 0 aliphatic rings. The van der Waals surface area contributed by atoms with Crippen molar-refractivity contribution < 1.29 is 16.4 Å². The van der Waals surface area contributed by atoms with E-state index in [1.807, 2.05) is 12.2 Å². The van der Waals surface area contributed by atoms with Gasteiger partial charge >= 0.3 is 5.97 Å². The van der Waals surface area contributed by atoms with Gasteiger partial charge in [-0.2, -0.15) is 0 Å². The number of unbranched alkanes of at least 4 members (excludes halogenated alkanes) is 1. The third-order valence-electron chi connectivity index (χ3n) is 3.07. The molecule has 24 heavy (non-hydrogen) atoms. The number of hydrogen-bond acceptors (Lipinski definition) is 2. The van der Waals surface area contributed by atoms with E-state index in [0.717, 1.165) is 32.1 Å². The van der Waals surface area contributed by atoms with Crippen LogP contribution in [-0.4, -0.2) is 12.5 Å². The second kappa shape index (κ2) is 19.2. The molecule has 0 aliphatic heterocycles. The van der Waals surface area contributed by atoms with Crippen LogP contribution in [0, 0.1) is 0 Å². The molecule has 134 valence electrons. The second-order valence-electron chi connectivity index (χ2n) is 5.18. The van der Waals surface area contributed by atoms with Crippen molar-refractivity contribution in [2.24, 2.45) is 0 Å². The Morgan fingerprint density at radius 1 is 0.875 bits per heavy atom. The van der Waals surface area contributed by atoms with Crippen LogP contribution < -0.4 is 0 Å². The lowest BCUT2D eigenvalue weighted by molar-refractivity contribution is -0.143. The van der Waals surface area contributed by atoms with Crippen LogP contribution in [0.3, 0.4) is 0 Å². The maximum absolute atomic E-state index is 11.5. The van der Waals surface area contributed by atoms with Crippen molar-refractivity contribution in [3.8, 4) is 0 Å². The Hall–Kier alpha value is -1.83. The van der Waals surface area contributed by atoms with E-state index in [2.05, 4.69) is 60.3 Å². The van der Waals surface area contributed by atoms with Gasteiger partial charge in [0.05, 0.1) is 9.30 Å². The lowest BCUT2D eigenvalue weighted by atomic mass is 10.2. The molecule has 0 spiro atoms. The Bertz CT molecular complexity index is 585. The molecule has 0 fully saturated rings. The van der Waals surface area contributed by atoms with Crippen molar-refractivity contribution in [1.29, 1.82) is 0 Å². The first kappa shape index (κ1) is 14.5. The fraction of sp³-hybridized carbons (Fsp3) is 0.500. The molecule has 0 amide bonds.